The van der Waals surface area contributed by atoms with Crippen molar-refractivity contribution in [2.24, 2.45) is 5.92 Å². The molecule has 2 rings (SSSR count). The molecule has 0 aliphatic carbocycles. The number of aromatic nitrogens is 3. The summed E-state index contributed by atoms with van der Waals surface area (Å²) in [6.45, 7) is 4.94. The third-order valence-corrected chi connectivity index (χ3v) is 3.48. The second-order valence-corrected chi connectivity index (χ2v) is 5.72. The van der Waals surface area contributed by atoms with Gasteiger partial charge in [0, 0.05) is 16.6 Å². The first kappa shape index (κ1) is 13.4. The summed E-state index contributed by atoms with van der Waals surface area (Å²) < 4.78 is 16.6. The van der Waals surface area contributed by atoms with Crippen molar-refractivity contribution < 1.29 is 4.39 Å². The van der Waals surface area contributed by atoms with Gasteiger partial charge < -0.3 is 0 Å². The lowest BCUT2D eigenvalue weighted by molar-refractivity contribution is 0.521. The molecule has 0 atom stereocenters. The maximum Gasteiger partial charge on any atom is 0.195 e. The van der Waals surface area contributed by atoms with Crippen LogP contribution in [-0.2, 0) is 6.54 Å². The van der Waals surface area contributed by atoms with Crippen molar-refractivity contribution in [1.29, 1.82) is 0 Å². The lowest BCUT2D eigenvalue weighted by Crippen LogP contribution is -2.06. The van der Waals surface area contributed by atoms with Gasteiger partial charge in [-0.2, -0.15) is 5.10 Å². The highest BCUT2D eigenvalue weighted by molar-refractivity contribution is 9.10. The van der Waals surface area contributed by atoms with Crippen molar-refractivity contribution in [3.05, 3.63) is 33.3 Å². The Kier molecular flexibility index (Phi) is 3.97. The maximum absolute atomic E-state index is 13.3. The molecule has 0 unspecified atom stereocenters. The summed E-state index contributed by atoms with van der Waals surface area (Å²) in [5.74, 6) is 0.790. The van der Waals surface area contributed by atoms with Crippen molar-refractivity contribution in [1.82, 2.24) is 14.8 Å². The van der Waals surface area contributed by atoms with E-state index in [1.165, 1.54) is 12.1 Å². The second kappa shape index (κ2) is 5.32. The highest BCUT2D eigenvalue weighted by Gasteiger charge is 2.13. The Bertz CT molecular complexity index is 618. The third kappa shape index (κ3) is 2.70. The molecule has 0 aliphatic rings. The molecule has 0 aliphatic heterocycles. The molecule has 0 saturated carbocycles. The summed E-state index contributed by atoms with van der Waals surface area (Å²) in [5, 5.41) is 6.95. The van der Waals surface area contributed by atoms with Crippen LogP contribution in [0.25, 0.3) is 11.4 Å². The summed E-state index contributed by atoms with van der Waals surface area (Å²) in [7, 11) is 0. The van der Waals surface area contributed by atoms with Crippen LogP contribution in [0.1, 0.15) is 13.8 Å². The Morgan fingerprint density at radius 3 is 2.89 bits per heavy atom. The van der Waals surface area contributed by atoms with E-state index in [9.17, 15) is 4.39 Å². The van der Waals surface area contributed by atoms with Gasteiger partial charge in [-0.3, -0.25) is 9.67 Å². The Balaban J connectivity index is 2.57. The smallest absolute Gasteiger partial charge is 0.195 e. The Labute approximate surface area is 118 Å². The molecule has 0 amide bonds. The molecule has 0 saturated heterocycles. The molecule has 1 N–H and O–H groups in total. The first-order valence-electron chi connectivity index (χ1n) is 5.59. The number of hydrogen-bond donors (Lipinski definition) is 1. The Morgan fingerprint density at radius 1 is 1.50 bits per heavy atom. The van der Waals surface area contributed by atoms with E-state index < -0.39 is 0 Å². The number of aromatic amines is 1. The summed E-state index contributed by atoms with van der Waals surface area (Å²) >= 11 is 8.61. The minimum Gasteiger partial charge on any atom is -0.300 e. The van der Waals surface area contributed by atoms with Crippen molar-refractivity contribution in [3.63, 3.8) is 0 Å². The number of nitrogens with one attached hydrogen (secondary N) is 1. The van der Waals surface area contributed by atoms with Gasteiger partial charge in [0.15, 0.2) is 10.6 Å². The van der Waals surface area contributed by atoms with Crippen molar-refractivity contribution in [2.45, 2.75) is 20.4 Å². The maximum atomic E-state index is 13.3. The number of benzene rings is 1. The fourth-order valence-corrected chi connectivity index (χ4v) is 2.36. The van der Waals surface area contributed by atoms with E-state index in [1.807, 2.05) is 4.57 Å². The molecular formula is C12H13BrFN3S. The molecule has 1 aromatic carbocycles. The zero-order valence-corrected chi connectivity index (χ0v) is 12.5. The summed E-state index contributed by atoms with van der Waals surface area (Å²) in [6, 6.07) is 4.52. The molecule has 0 spiro atoms. The normalized spacial score (nSPS) is 11.2. The summed E-state index contributed by atoms with van der Waals surface area (Å²) in [5.41, 5.74) is 0.697. The molecule has 3 nitrogen and oxygen atoms in total. The lowest BCUT2D eigenvalue weighted by atomic mass is 10.2. The van der Waals surface area contributed by atoms with Crippen LogP contribution in [0.3, 0.4) is 0 Å². The van der Waals surface area contributed by atoms with Crippen molar-refractivity contribution in [2.75, 3.05) is 0 Å². The van der Waals surface area contributed by atoms with Gasteiger partial charge in [-0.25, -0.2) is 4.39 Å². The van der Waals surface area contributed by atoms with E-state index in [4.69, 9.17) is 12.2 Å². The average molecular weight is 330 g/mol. The molecule has 0 fully saturated rings. The largest absolute Gasteiger partial charge is 0.300 e. The van der Waals surface area contributed by atoms with Gasteiger partial charge in [-0.05, 0) is 36.3 Å². The van der Waals surface area contributed by atoms with Gasteiger partial charge in [0.25, 0.3) is 0 Å². The van der Waals surface area contributed by atoms with Crippen LogP contribution in [0.2, 0.25) is 0 Å². The van der Waals surface area contributed by atoms with Crippen LogP contribution in [0.4, 0.5) is 4.39 Å². The molecule has 96 valence electrons. The monoisotopic (exact) mass is 329 g/mol. The number of rotatable bonds is 3. The number of halogens is 2. The van der Waals surface area contributed by atoms with Crippen LogP contribution in [-0.4, -0.2) is 14.8 Å². The lowest BCUT2D eigenvalue weighted by Gasteiger charge is -2.10. The zero-order chi connectivity index (χ0) is 13.3. The van der Waals surface area contributed by atoms with Gasteiger partial charge in [0.2, 0.25) is 0 Å². The summed E-state index contributed by atoms with van der Waals surface area (Å²) in [6.07, 6.45) is 0. The molecule has 0 bridgehead atoms. The summed E-state index contributed by atoms with van der Waals surface area (Å²) in [4.78, 5) is 0. The minimum absolute atomic E-state index is 0.293. The van der Waals surface area contributed by atoms with E-state index in [-0.39, 0.29) is 5.82 Å². The van der Waals surface area contributed by atoms with E-state index >= 15 is 0 Å². The van der Waals surface area contributed by atoms with E-state index in [2.05, 4.69) is 40.0 Å². The standard InChI is InChI=1S/C12H13BrFN3S/c1-7(2)6-17-11(15-16-12(17)18)9-5-8(14)3-4-10(9)13/h3-5,7H,6H2,1-2H3,(H,16,18). The van der Waals surface area contributed by atoms with E-state index in [0.717, 1.165) is 11.0 Å². The Morgan fingerprint density at radius 2 is 2.22 bits per heavy atom. The SMILES string of the molecule is CC(C)Cn1c(-c2cc(F)ccc2Br)n[nH]c1=S. The molecule has 1 aromatic heterocycles. The van der Waals surface area contributed by atoms with Crippen LogP contribution in [0.15, 0.2) is 22.7 Å². The molecule has 18 heavy (non-hydrogen) atoms. The number of hydrogen-bond acceptors (Lipinski definition) is 2. The molecular weight excluding hydrogens is 317 g/mol. The van der Waals surface area contributed by atoms with E-state index in [1.54, 1.807) is 6.07 Å². The quantitative estimate of drug-likeness (QED) is 0.857. The van der Waals surface area contributed by atoms with Crippen molar-refractivity contribution >= 4 is 28.1 Å². The highest BCUT2D eigenvalue weighted by atomic mass is 79.9. The van der Waals surface area contributed by atoms with Gasteiger partial charge in [-0.15, -0.1) is 0 Å². The first-order chi connectivity index (χ1) is 8.49. The average Bonchev–Trinajstić information content (AvgIpc) is 2.64. The van der Waals surface area contributed by atoms with Crippen LogP contribution in [0.5, 0.6) is 0 Å². The van der Waals surface area contributed by atoms with Crippen LogP contribution >= 0.6 is 28.1 Å². The fourth-order valence-electron chi connectivity index (χ4n) is 1.73. The molecule has 6 heteroatoms. The van der Waals surface area contributed by atoms with Crippen LogP contribution < -0.4 is 0 Å². The Hall–Kier alpha value is -1.01. The van der Waals surface area contributed by atoms with Gasteiger partial charge in [0.05, 0.1) is 0 Å². The first-order valence-corrected chi connectivity index (χ1v) is 6.79. The fraction of sp³-hybridized carbons (Fsp3) is 0.333. The predicted octanol–water partition coefficient (Wildman–Crippen LogP) is 4.17. The van der Waals surface area contributed by atoms with Gasteiger partial charge in [-0.1, -0.05) is 29.8 Å². The van der Waals surface area contributed by atoms with Crippen LogP contribution in [0, 0.1) is 16.5 Å². The molecule has 0 radical (unpaired) electrons. The number of H-pyrrole nitrogens is 1. The topological polar surface area (TPSA) is 33.6 Å². The van der Waals surface area contributed by atoms with Gasteiger partial charge in [0.1, 0.15) is 5.82 Å². The molecule has 2 aromatic rings. The zero-order valence-electron chi connectivity index (χ0n) is 10.1. The van der Waals surface area contributed by atoms with E-state index in [0.29, 0.717) is 22.1 Å². The second-order valence-electron chi connectivity index (χ2n) is 4.48. The minimum atomic E-state index is -0.293. The predicted molar refractivity (Wildman–Crippen MR) is 75.3 cm³/mol. The molecule has 1 heterocycles. The van der Waals surface area contributed by atoms with Crippen molar-refractivity contribution in [3.8, 4) is 11.4 Å². The van der Waals surface area contributed by atoms with Gasteiger partial charge >= 0.3 is 0 Å². The third-order valence-electron chi connectivity index (χ3n) is 2.48. The number of nitrogens with zero attached hydrogens (tertiary/aromatic N) is 2. The highest BCUT2D eigenvalue weighted by Crippen LogP contribution is 2.28.